The molecule has 0 aromatic heterocycles. The summed E-state index contributed by atoms with van der Waals surface area (Å²) >= 11 is 0. The lowest BCUT2D eigenvalue weighted by Crippen LogP contribution is -2.43. The van der Waals surface area contributed by atoms with Gasteiger partial charge in [-0.3, -0.25) is 4.79 Å². The molecule has 1 N–H and O–H groups in total. The standard InChI is InChI=1S/C22H29N3O5S2/c1-16-7-10-19(11-8-16)32(29,30)25-13-5-6-18(15-25)22(26)23-21-14-20(12-9-17(21)2)31(27,28)24(3)4/h7-12,14,18H,5-6,13,15H2,1-4H3,(H,23,26). The Kier molecular flexibility index (Phi) is 7.09. The Morgan fingerprint density at radius 2 is 1.62 bits per heavy atom. The molecule has 10 heteroatoms. The maximum absolute atomic E-state index is 13.0. The van der Waals surface area contributed by atoms with Gasteiger partial charge in [-0.1, -0.05) is 23.8 Å². The van der Waals surface area contributed by atoms with Crippen LogP contribution in [0.25, 0.3) is 0 Å². The molecule has 1 fully saturated rings. The number of nitrogens with zero attached hydrogens (tertiary/aromatic N) is 2. The SMILES string of the molecule is Cc1ccc(S(=O)(=O)N2CCCC(C(=O)Nc3cc(S(=O)(=O)N(C)C)ccc3C)C2)cc1. The van der Waals surface area contributed by atoms with E-state index in [1.807, 2.05) is 6.92 Å². The van der Waals surface area contributed by atoms with E-state index in [1.54, 1.807) is 37.3 Å². The van der Waals surface area contributed by atoms with Crippen molar-refractivity contribution < 1.29 is 21.6 Å². The summed E-state index contributed by atoms with van der Waals surface area (Å²) in [5.74, 6) is -0.853. The largest absolute Gasteiger partial charge is 0.326 e. The number of aryl methyl sites for hydroxylation is 2. The fourth-order valence-corrected chi connectivity index (χ4v) is 6.03. The van der Waals surface area contributed by atoms with Crippen LogP contribution in [0, 0.1) is 19.8 Å². The molecular weight excluding hydrogens is 450 g/mol. The van der Waals surface area contributed by atoms with Gasteiger partial charge in [0.25, 0.3) is 0 Å². The monoisotopic (exact) mass is 479 g/mol. The second-order valence-electron chi connectivity index (χ2n) is 8.27. The lowest BCUT2D eigenvalue weighted by molar-refractivity contribution is -0.120. The number of sulfonamides is 2. The van der Waals surface area contributed by atoms with E-state index in [2.05, 4.69) is 5.32 Å². The molecule has 1 aliphatic heterocycles. The van der Waals surface area contributed by atoms with E-state index in [0.717, 1.165) is 15.4 Å². The van der Waals surface area contributed by atoms with Crippen LogP contribution in [0.1, 0.15) is 24.0 Å². The Bertz CT molecular complexity index is 1210. The van der Waals surface area contributed by atoms with Crippen molar-refractivity contribution in [3.8, 4) is 0 Å². The summed E-state index contributed by atoms with van der Waals surface area (Å²) in [6, 6.07) is 11.2. The minimum Gasteiger partial charge on any atom is -0.326 e. The summed E-state index contributed by atoms with van der Waals surface area (Å²) < 4.78 is 53.4. The van der Waals surface area contributed by atoms with Gasteiger partial charge in [0.2, 0.25) is 26.0 Å². The van der Waals surface area contributed by atoms with E-state index >= 15 is 0 Å². The van der Waals surface area contributed by atoms with Gasteiger partial charge in [-0.15, -0.1) is 0 Å². The topological polar surface area (TPSA) is 104 Å². The van der Waals surface area contributed by atoms with Gasteiger partial charge in [-0.05, 0) is 56.5 Å². The molecule has 1 atom stereocenters. The molecule has 2 aromatic carbocycles. The van der Waals surface area contributed by atoms with Gasteiger partial charge in [-0.25, -0.2) is 21.1 Å². The molecule has 0 saturated carbocycles. The maximum atomic E-state index is 13.0. The van der Waals surface area contributed by atoms with Crippen LogP contribution in [0.2, 0.25) is 0 Å². The molecule has 1 amide bonds. The summed E-state index contributed by atoms with van der Waals surface area (Å²) in [4.78, 5) is 13.3. The number of benzene rings is 2. The Balaban J connectivity index is 1.78. The van der Waals surface area contributed by atoms with E-state index in [9.17, 15) is 21.6 Å². The smallest absolute Gasteiger partial charge is 0.243 e. The number of hydrogen-bond donors (Lipinski definition) is 1. The molecular formula is C22H29N3O5S2. The minimum atomic E-state index is -3.69. The third-order valence-corrected chi connectivity index (χ3v) is 9.35. The van der Waals surface area contributed by atoms with Crippen molar-refractivity contribution in [3.05, 3.63) is 53.6 Å². The molecule has 3 rings (SSSR count). The third kappa shape index (κ3) is 5.03. The zero-order valence-corrected chi connectivity index (χ0v) is 20.3. The first-order valence-corrected chi connectivity index (χ1v) is 13.2. The number of amides is 1. The normalized spacial score (nSPS) is 18.0. The van der Waals surface area contributed by atoms with Crippen LogP contribution >= 0.6 is 0 Å². The Labute approximate surface area is 190 Å². The summed E-state index contributed by atoms with van der Waals surface area (Å²) in [6.45, 7) is 4.10. The molecule has 1 heterocycles. The average molecular weight is 480 g/mol. The quantitative estimate of drug-likeness (QED) is 0.686. The van der Waals surface area contributed by atoms with Gasteiger partial charge < -0.3 is 5.32 Å². The van der Waals surface area contributed by atoms with Crippen LogP contribution in [0.5, 0.6) is 0 Å². The zero-order valence-electron chi connectivity index (χ0n) is 18.7. The maximum Gasteiger partial charge on any atom is 0.243 e. The van der Waals surface area contributed by atoms with Crippen LogP contribution in [-0.2, 0) is 24.8 Å². The highest BCUT2D eigenvalue weighted by Gasteiger charge is 2.33. The highest BCUT2D eigenvalue weighted by molar-refractivity contribution is 7.89. The molecule has 0 spiro atoms. The first kappa shape index (κ1) is 24.4. The summed E-state index contributed by atoms with van der Waals surface area (Å²) in [5, 5.41) is 2.81. The second-order valence-corrected chi connectivity index (χ2v) is 12.4. The number of nitrogens with one attached hydrogen (secondary N) is 1. The first-order chi connectivity index (χ1) is 14.9. The second kappa shape index (κ2) is 9.30. The minimum absolute atomic E-state index is 0.0793. The van der Waals surface area contributed by atoms with Crippen molar-refractivity contribution in [1.29, 1.82) is 0 Å². The van der Waals surface area contributed by atoms with Gasteiger partial charge in [0, 0.05) is 32.9 Å². The number of hydrogen-bond acceptors (Lipinski definition) is 5. The highest BCUT2D eigenvalue weighted by atomic mass is 32.2. The molecule has 174 valence electrons. The number of carbonyl (C=O) groups excluding carboxylic acids is 1. The Hall–Kier alpha value is -2.27. The van der Waals surface area contributed by atoms with Gasteiger partial charge in [-0.2, -0.15) is 4.31 Å². The van der Waals surface area contributed by atoms with Crippen LogP contribution in [0.3, 0.4) is 0 Å². The summed E-state index contributed by atoms with van der Waals surface area (Å²) in [7, 11) is -4.45. The third-order valence-electron chi connectivity index (χ3n) is 5.66. The molecule has 2 aromatic rings. The van der Waals surface area contributed by atoms with E-state index < -0.39 is 26.0 Å². The zero-order chi connectivity index (χ0) is 23.7. The Morgan fingerprint density at radius 3 is 2.25 bits per heavy atom. The summed E-state index contributed by atoms with van der Waals surface area (Å²) in [5.41, 5.74) is 2.08. The lowest BCUT2D eigenvalue weighted by Gasteiger charge is -2.31. The molecule has 32 heavy (non-hydrogen) atoms. The van der Waals surface area contributed by atoms with Crippen LogP contribution in [0.4, 0.5) is 5.69 Å². The Morgan fingerprint density at radius 1 is 1.00 bits per heavy atom. The molecule has 1 aliphatic rings. The van der Waals surface area contributed by atoms with E-state index in [0.29, 0.717) is 25.1 Å². The van der Waals surface area contributed by atoms with E-state index in [4.69, 9.17) is 0 Å². The van der Waals surface area contributed by atoms with Crippen molar-refractivity contribution in [3.63, 3.8) is 0 Å². The number of piperidine rings is 1. The highest BCUT2D eigenvalue weighted by Crippen LogP contribution is 2.27. The molecule has 1 saturated heterocycles. The van der Waals surface area contributed by atoms with Crippen LogP contribution in [-0.4, -0.2) is 58.5 Å². The predicted octanol–water partition coefficient (Wildman–Crippen LogP) is 2.59. The van der Waals surface area contributed by atoms with Crippen molar-refractivity contribution in [1.82, 2.24) is 8.61 Å². The van der Waals surface area contributed by atoms with Crippen molar-refractivity contribution in [2.45, 2.75) is 36.5 Å². The molecule has 0 radical (unpaired) electrons. The number of carbonyl (C=O) groups is 1. The number of anilines is 1. The summed E-state index contributed by atoms with van der Waals surface area (Å²) in [6.07, 6.45) is 1.12. The molecule has 8 nitrogen and oxygen atoms in total. The predicted molar refractivity (Wildman–Crippen MR) is 123 cm³/mol. The van der Waals surface area contributed by atoms with Gasteiger partial charge in [0.15, 0.2) is 0 Å². The fraction of sp³-hybridized carbons (Fsp3) is 0.409. The van der Waals surface area contributed by atoms with E-state index in [-0.39, 0.29) is 22.2 Å². The lowest BCUT2D eigenvalue weighted by atomic mass is 9.98. The van der Waals surface area contributed by atoms with E-state index in [1.165, 1.54) is 30.5 Å². The van der Waals surface area contributed by atoms with Crippen LogP contribution < -0.4 is 5.32 Å². The van der Waals surface area contributed by atoms with Crippen LogP contribution in [0.15, 0.2) is 52.3 Å². The van der Waals surface area contributed by atoms with Gasteiger partial charge >= 0.3 is 0 Å². The first-order valence-electron chi connectivity index (χ1n) is 10.3. The van der Waals surface area contributed by atoms with Crippen molar-refractivity contribution in [2.24, 2.45) is 5.92 Å². The van der Waals surface area contributed by atoms with Crippen molar-refractivity contribution in [2.75, 3.05) is 32.5 Å². The molecule has 0 bridgehead atoms. The molecule has 1 unspecified atom stereocenters. The van der Waals surface area contributed by atoms with Gasteiger partial charge in [0.1, 0.15) is 0 Å². The average Bonchev–Trinajstić information content (AvgIpc) is 2.75. The molecule has 0 aliphatic carbocycles. The fourth-order valence-electron chi connectivity index (χ4n) is 3.58. The number of rotatable bonds is 6. The van der Waals surface area contributed by atoms with Gasteiger partial charge in [0.05, 0.1) is 15.7 Å². The van der Waals surface area contributed by atoms with Crippen molar-refractivity contribution >= 4 is 31.6 Å².